The number of rotatable bonds is 4. The van der Waals surface area contributed by atoms with Gasteiger partial charge in [-0.1, -0.05) is 0 Å². The number of fused-ring (bicyclic) bond motifs is 1. The zero-order chi connectivity index (χ0) is 15.0. The van der Waals surface area contributed by atoms with E-state index in [4.69, 9.17) is 4.74 Å². The number of imidazole rings is 1. The van der Waals surface area contributed by atoms with Gasteiger partial charge in [-0.15, -0.1) is 11.3 Å². The highest BCUT2D eigenvalue weighted by Gasteiger charge is 2.16. The van der Waals surface area contributed by atoms with Crippen LogP contribution in [-0.2, 0) is 0 Å². The van der Waals surface area contributed by atoms with Gasteiger partial charge in [-0.05, 0) is 45.0 Å². The normalized spacial score (nSPS) is 11.2. The fourth-order valence-electron chi connectivity index (χ4n) is 2.31. The van der Waals surface area contributed by atoms with Gasteiger partial charge in [-0.3, -0.25) is 9.20 Å². The Balaban J connectivity index is 2.05. The predicted octanol–water partition coefficient (Wildman–Crippen LogP) is 3.97. The number of ether oxygens (including phenoxy) is 1. The Kier molecular flexibility index (Phi) is 3.51. The Bertz CT molecular complexity index is 785. The standard InChI is InChI=1S/C16H16N2O2S/c1-10(2)20-13-6-4-12(5-7-13)15-14(8-19)18-11(3)9-21-16(18)17-15/h4-10H,1-3H3. The SMILES string of the molecule is Cc1csc2nc(-c3ccc(OC(C)C)cc3)c(C=O)n12. The molecule has 108 valence electrons. The molecule has 0 radical (unpaired) electrons. The average molecular weight is 300 g/mol. The molecule has 4 nitrogen and oxygen atoms in total. The number of hydrogen-bond acceptors (Lipinski definition) is 4. The van der Waals surface area contributed by atoms with E-state index in [1.54, 1.807) is 0 Å². The van der Waals surface area contributed by atoms with Crippen molar-refractivity contribution in [2.24, 2.45) is 0 Å². The van der Waals surface area contributed by atoms with Crippen LogP contribution in [0.15, 0.2) is 29.6 Å². The number of carbonyl (C=O) groups excluding carboxylic acids is 1. The summed E-state index contributed by atoms with van der Waals surface area (Å²) in [5.74, 6) is 0.818. The Labute approximate surface area is 127 Å². The van der Waals surface area contributed by atoms with Crippen LogP contribution in [0.4, 0.5) is 0 Å². The molecule has 0 saturated heterocycles. The molecule has 2 heterocycles. The third-order valence-electron chi connectivity index (χ3n) is 3.18. The van der Waals surface area contributed by atoms with E-state index in [1.165, 1.54) is 11.3 Å². The molecule has 5 heteroatoms. The van der Waals surface area contributed by atoms with Crippen molar-refractivity contribution in [1.29, 1.82) is 0 Å². The lowest BCUT2D eigenvalue weighted by atomic mass is 10.1. The highest BCUT2D eigenvalue weighted by molar-refractivity contribution is 7.15. The van der Waals surface area contributed by atoms with Crippen LogP contribution in [0.5, 0.6) is 5.75 Å². The first kappa shape index (κ1) is 13.8. The van der Waals surface area contributed by atoms with Crippen LogP contribution in [0.2, 0.25) is 0 Å². The van der Waals surface area contributed by atoms with Gasteiger partial charge < -0.3 is 4.74 Å². The van der Waals surface area contributed by atoms with Gasteiger partial charge in [0.1, 0.15) is 17.1 Å². The quantitative estimate of drug-likeness (QED) is 0.685. The van der Waals surface area contributed by atoms with Crippen molar-refractivity contribution >= 4 is 22.6 Å². The molecule has 0 atom stereocenters. The molecule has 0 aliphatic carbocycles. The molecule has 3 aromatic rings. The molecule has 21 heavy (non-hydrogen) atoms. The highest BCUT2D eigenvalue weighted by Crippen LogP contribution is 2.28. The fourth-order valence-corrected chi connectivity index (χ4v) is 3.18. The van der Waals surface area contributed by atoms with Crippen LogP contribution in [0, 0.1) is 6.92 Å². The number of aryl methyl sites for hydroxylation is 1. The van der Waals surface area contributed by atoms with Gasteiger partial charge in [0.15, 0.2) is 11.2 Å². The van der Waals surface area contributed by atoms with Gasteiger partial charge in [0.05, 0.1) is 6.10 Å². The molecule has 0 N–H and O–H groups in total. The predicted molar refractivity (Wildman–Crippen MR) is 84.4 cm³/mol. The van der Waals surface area contributed by atoms with Crippen molar-refractivity contribution in [1.82, 2.24) is 9.38 Å². The Hall–Kier alpha value is -2.14. The van der Waals surface area contributed by atoms with Gasteiger partial charge in [0.2, 0.25) is 0 Å². The van der Waals surface area contributed by atoms with Gasteiger partial charge in [0, 0.05) is 16.6 Å². The molecule has 3 rings (SSSR count). The fraction of sp³-hybridized carbons (Fsp3) is 0.250. The van der Waals surface area contributed by atoms with Crippen LogP contribution in [0.1, 0.15) is 30.0 Å². The van der Waals surface area contributed by atoms with Crippen LogP contribution in [-0.4, -0.2) is 21.8 Å². The first-order valence-corrected chi connectivity index (χ1v) is 7.67. The molecule has 0 spiro atoms. The highest BCUT2D eigenvalue weighted by atomic mass is 32.1. The maximum Gasteiger partial charge on any atom is 0.195 e. The van der Waals surface area contributed by atoms with E-state index in [9.17, 15) is 4.79 Å². The van der Waals surface area contributed by atoms with E-state index in [-0.39, 0.29) is 6.10 Å². The molecular weight excluding hydrogens is 284 g/mol. The summed E-state index contributed by atoms with van der Waals surface area (Å²) < 4.78 is 7.53. The summed E-state index contributed by atoms with van der Waals surface area (Å²) in [7, 11) is 0. The topological polar surface area (TPSA) is 43.6 Å². The van der Waals surface area contributed by atoms with E-state index in [2.05, 4.69) is 4.98 Å². The van der Waals surface area contributed by atoms with E-state index in [0.717, 1.165) is 33.9 Å². The van der Waals surface area contributed by atoms with Crippen molar-refractivity contribution in [2.45, 2.75) is 26.9 Å². The first-order valence-electron chi connectivity index (χ1n) is 6.79. The summed E-state index contributed by atoms with van der Waals surface area (Å²) >= 11 is 1.54. The lowest BCUT2D eigenvalue weighted by molar-refractivity contribution is 0.111. The van der Waals surface area contributed by atoms with Crippen molar-refractivity contribution < 1.29 is 9.53 Å². The van der Waals surface area contributed by atoms with Crippen molar-refractivity contribution in [3.63, 3.8) is 0 Å². The summed E-state index contributed by atoms with van der Waals surface area (Å²) in [5, 5.41) is 2.00. The van der Waals surface area contributed by atoms with E-state index in [1.807, 2.05) is 54.8 Å². The summed E-state index contributed by atoms with van der Waals surface area (Å²) in [6.45, 7) is 5.96. The largest absolute Gasteiger partial charge is 0.491 e. The van der Waals surface area contributed by atoms with Gasteiger partial charge >= 0.3 is 0 Å². The molecule has 0 bridgehead atoms. The molecule has 1 aromatic carbocycles. The average Bonchev–Trinajstić information content (AvgIpc) is 2.99. The summed E-state index contributed by atoms with van der Waals surface area (Å²) in [4.78, 5) is 16.9. The number of aldehydes is 1. The minimum absolute atomic E-state index is 0.141. The lowest BCUT2D eigenvalue weighted by Crippen LogP contribution is -2.05. The summed E-state index contributed by atoms with van der Waals surface area (Å²) in [6.07, 6.45) is 1.01. The molecule has 0 aliphatic heterocycles. The minimum atomic E-state index is 0.141. The second-order valence-corrected chi connectivity index (χ2v) is 5.99. The Morgan fingerprint density at radius 3 is 2.62 bits per heavy atom. The van der Waals surface area contributed by atoms with Crippen LogP contribution >= 0.6 is 11.3 Å². The van der Waals surface area contributed by atoms with Crippen LogP contribution in [0.3, 0.4) is 0 Å². The second kappa shape index (κ2) is 5.33. The van der Waals surface area contributed by atoms with Gasteiger partial charge in [-0.25, -0.2) is 4.98 Å². The number of carbonyl (C=O) groups is 1. The van der Waals surface area contributed by atoms with Crippen LogP contribution in [0.25, 0.3) is 16.2 Å². The number of thiazole rings is 1. The number of aromatic nitrogens is 2. The molecule has 0 amide bonds. The molecule has 0 fully saturated rings. The smallest absolute Gasteiger partial charge is 0.195 e. The third-order valence-corrected chi connectivity index (χ3v) is 4.12. The number of benzene rings is 1. The maximum atomic E-state index is 11.5. The second-order valence-electron chi connectivity index (χ2n) is 5.15. The van der Waals surface area contributed by atoms with E-state index in [0.29, 0.717) is 5.69 Å². The summed E-state index contributed by atoms with van der Waals surface area (Å²) in [5.41, 5.74) is 3.26. The zero-order valence-electron chi connectivity index (χ0n) is 12.2. The number of hydrogen-bond donors (Lipinski definition) is 0. The Morgan fingerprint density at radius 2 is 2.00 bits per heavy atom. The lowest BCUT2D eigenvalue weighted by Gasteiger charge is -2.09. The van der Waals surface area contributed by atoms with Gasteiger partial charge in [0.25, 0.3) is 0 Å². The monoisotopic (exact) mass is 300 g/mol. The first-order chi connectivity index (χ1) is 10.1. The van der Waals surface area contributed by atoms with Crippen molar-refractivity contribution in [3.05, 3.63) is 41.0 Å². The molecule has 0 saturated carbocycles. The maximum absolute atomic E-state index is 11.5. The van der Waals surface area contributed by atoms with Crippen LogP contribution < -0.4 is 4.74 Å². The molecule has 0 aliphatic rings. The third kappa shape index (κ3) is 2.45. The zero-order valence-corrected chi connectivity index (χ0v) is 13.0. The Morgan fingerprint density at radius 1 is 1.29 bits per heavy atom. The van der Waals surface area contributed by atoms with E-state index < -0.39 is 0 Å². The van der Waals surface area contributed by atoms with E-state index >= 15 is 0 Å². The molecule has 2 aromatic heterocycles. The van der Waals surface area contributed by atoms with Crippen molar-refractivity contribution in [2.75, 3.05) is 0 Å². The van der Waals surface area contributed by atoms with Gasteiger partial charge in [-0.2, -0.15) is 0 Å². The molecular formula is C16H16N2O2S. The minimum Gasteiger partial charge on any atom is -0.491 e. The van der Waals surface area contributed by atoms with Crippen molar-refractivity contribution in [3.8, 4) is 17.0 Å². The summed E-state index contributed by atoms with van der Waals surface area (Å²) in [6, 6.07) is 7.69. The molecule has 0 unspecified atom stereocenters. The number of nitrogens with zero attached hydrogens (tertiary/aromatic N) is 2.